The van der Waals surface area contributed by atoms with Gasteiger partial charge in [0.25, 0.3) is 0 Å². The monoisotopic (exact) mass is 302 g/mol. The van der Waals surface area contributed by atoms with Crippen LogP contribution in [-0.2, 0) is 4.79 Å². The number of carbonyl (C=O) groups is 1. The summed E-state index contributed by atoms with van der Waals surface area (Å²) in [6, 6.07) is 0. The lowest BCUT2D eigenvalue weighted by Crippen LogP contribution is -2.50. The molecule has 0 aromatic heterocycles. The van der Waals surface area contributed by atoms with Crippen molar-refractivity contribution in [2.24, 2.45) is 34.5 Å². The summed E-state index contributed by atoms with van der Waals surface area (Å²) in [6.07, 6.45) is 12.7. The molecular weight excluding hydrogens is 272 g/mol. The molecule has 0 amide bonds. The van der Waals surface area contributed by atoms with Gasteiger partial charge in [-0.05, 0) is 80.0 Å². The van der Waals surface area contributed by atoms with Crippen LogP contribution < -0.4 is 0 Å². The molecule has 1 N–H and O–H groups in total. The van der Waals surface area contributed by atoms with Crippen LogP contribution in [-0.4, -0.2) is 17.5 Å². The number of fused-ring (bicyclic) bond motifs is 5. The number of aldehydes is 1. The van der Waals surface area contributed by atoms with Crippen LogP contribution in [0.25, 0.3) is 0 Å². The van der Waals surface area contributed by atoms with Crippen molar-refractivity contribution >= 4 is 6.29 Å². The van der Waals surface area contributed by atoms with Crippen molar-refractivity contribution in [2.45, 2.75) is 71.3 Å². The number of hydrogen-bond acceptors (Lipinski definition) is 2. The highest BCUT2D eigenvalue weighted by Gasteiger charge is 2.58. The molecule has 0 aliphatic heterocycles. The third-order valence-electron chi connectivity index (χ3n) is 8.32. The normalized spacial score (nSPS) is 54.0. The molecule has 0 spiro atoms. The van der Waals surface area contributed by atoms with Crippen LogP contribution in [0.2, 0.25) is 0 Å². The zero-order valence-electron chi connectivity index (χ0n) is 14.1. The molecule has 0 aromatic carbocycles. The van der Waals surface area contributed by atoms with Gasteiger partial charge in [-0.3, -0.25) is 0 Å². The number of hydrogen-bond donors (Lipinski definition) is 1. The largest absolute Gasteiger partial charge is 0.393 e. The quantitative estimate of drug-likeness (QED) is 0.584. The van der Waals surface area contributed by atoms with Crippen molar-refractivity contribution in [2.75, 3.05) is 0 Å². The molecule has 0 unspecified atom stereocenters. The molecule has 2 nitrogen and oxygen atoms in total. The number of carbonyl (C=O) groups excluding carboxylic acids is 1. The summed E-state index contributed by atoms with van der Waals surface area (Å²) in [5.74, 6) is 2.59. The van der Waals surface area contributed by atoms with Crippen molar-refractivity contribution < 1.29 is 9.90 Å². The maximum Gasteiger partial charge on any atom is 0.123 e. The minimum absolute atomic E-state index is 0.115. The van der Waals surface area contributed by atoms with Gasteiger partial charge in [-0.25, -0.2) is 0 Å². The van der Waals surface area contributed by atoms with E-state index < -0.39 is 0 Å². The smallest absolute Gasteiger partial charge is 0.123 e. The van der Waals surface area contributed by atoms with Gasteiger partial charge in [0.1, 0.15) is 6.29 Å². The van der Waals surface area contributed by atoms with Crippen LogP contribution in [0.4, 0.5) is 0 Å². The van der Waals surface area contributed by atoms with Crippen LogP contribution >= 0.6 is 0 Å². The zero-order valence-corrected chi connectivity index (χ0v) is 14.1. The molecule has 0 heterocycles. The van der Waals surface area contributed by atoms with Crippen molar-refractivity contribution in [1.29, 1.82) is 0 Å². The summed E-state index contributed by atoms with van der Waals surface area (Å²) in [5, 5.41) is 10.0. The number of allylic oxidation sites excluding steroid dienone is 1. The summed E-state index contributed by atoms with van der Waals surface area (Å²) in [7, 11) is 0. The van der Waals surface area contributed by atoms with Gasteiger partial charge in [-0.2, -0.15) is 0 Å². The van der Waals surface area contributed by atoms with Gasteiger partial charge >= 0.3 is 0 Å². The van der Waals surface area contributed by atoms with Crippen LogP contribution in [0.15, 0.2) is 11.6 Å². The predicted octanol–water partition coefficient (Wildman–Crippen LogP) is 4.13. The van der Waals surface area contributed by atoms with Crippen LogP contribution in [0, 0.1) is 34.5 Å². The Balaban J connectivity index is 1.67. The lowest BCUT2D eigenvalue weighted by Gasteiger charge is -2.57. The van der Waals surface area contributed by atoms with E-state index in [0.717, 1.165) is 43.4 Å². The molecule has 4 aliphatic rings. The summed E-state index contributed by atoms with van der Waals surface area (Å²) < 4.78 is 0. The van der Waals surface area contributed by atoms with Gasteiger partial charge in [-0.1, -0.05) is 25.5 Å². The van der Waals surface area contributed by atoms with Crippen LogP contribution in [0.1, 0.15) is 65.2 Å². The molecule has 7 atom stereocenters. The molecule has 22 heavy (non-hydrogen) atoms. The molecule has 3 fully saturated rings. The molecule has 2 heteroatoms. The Morgan fingerprint density at radius 2 is 1.95 bits per heavy atom. The van der Waals surface area contributed by atoms with E-state index in [1.807, 2.05) is 0 Å². The fourth-order valence-electron chi connectivity index (χ4n) is 6.91. The van der Waals surface area contributed by atoms with Gasteiger partial charge in [0.15, 0.2) is 0 Å². The minimum Gasteiger partial charge on any atom is -0.393 e. The lowest BCUT2D eigenvalue weighted by molar-refractivity contribution is -0.117. The van der Waals surface area contributed by atoms with Crippen LogP contribution in [0.3, 0.4) is 0 Å². The van der Waals surface area contributed by atoms with Crippen LogP contribution in [0.5, 0.6) is 0 Å². The first kappa shape index (κ1) is 14.9. The molecule has 122 valence electrons. The first-order chi connectivity index (χ1) is 10.5. The summed E-state index contributed by atoms with van der Waals surface area (Å²) in [6.45, 7) is 4.86. The Kier molecular flexibility index (Phi) is 3.35. The van der Waals surface area contributed by atoms with Gasteiger partial charge < -0.3 is 9.90 Å². The molecule has 0 saturated heterocycles. The Morgan fingerprint density at radius 3 is 2.73 bits per heavy atom. The third-order valence-corrected chi connectivity index (χ3v) is 8.32. The maximum atomic E-state index is 11.5. The number of rotatable bonds is 1. The third kappa shape index (κ3) is 1.85. The number of aliphatic hydroxyl groups is 1. The van der Waals surface area contributed by atoms with Crippen molar-refractivity contribution in [3.05, 3.63) is 11.6 Å². The first-order valence-electron chi connectivity index (χ1n) is 9.32. The van der Waals surface area contributed by atoms with E-state index in [1.165, 1.54) is 32.0 Å². The van der Waals surface area contributed by atoms with E-state index in [2.05, 4.69) is 19.9 Å². The zero-order chi connectivity index (χ0) is 15.5. The Morgan fingerprint density at radius 1 is 1.14 bits per heavy atom. The van der Waals surface area contributed by atoms with E-state index in [-0.39, 0.29) is 11.5 Å². The summed E-state index contributed by atoms with van der Waals surface area (Å²) >= 11 is 0. The Bertz CT molecular complexity index is 510. The molecule has 0 bridgehead atoms. The lowest BCUT2D eigenvalue weighted by atomic mass is 9.47. The standard InChI is InChI=1S/C20H30O2/c1-19-9-7-15(22)11-13(19)3-5-16-17-6-4-14(12-21)20(17,2)10-8-18(16)19/h3,12,14-18,22H,4-11H2,1-2H3/t14-,15+,16+,17+,18+,19+,20-/m1/s1. The van der Waals surface area contributed by atoms with E-state index in [9.17, 15) is 9.90 Å². The molecule has 0 aromatic rings. The second-order valence-electron chi connectivity index (χ2n) is 9.02. The Labute approximate surface area is 134 Å². The van der Waals surface area contributed by atoms with Crippen molar-refractivity contribution in [3.8, 4) is 0 Å². The van der Waals surface area contributed by atoms with E-state index in [4.69, 9.17) is 0 Å². The highest BCUT2D eigenvalue weighted by atomic mass is 16.3. The SMILES string of the molecule is C[C@]12CC[C@H]3[C@@H](CC=C4C[C@@H](O)CC[C@@]43C)[C@@H]1CC[C@@H]2C=O. The first-order valence-corrected chi connectivity index (χ1v) is 9.32. The predicted molar refractivity (Wildman–Crippen MR) is 87.3 cm³/mol. The highest BCUT2D eigenvalue weighted by Crippen LogP contribution is 2.65. The Hall–Kier alpha value is -0.630. The molecule has 4 rings (SSSR count). The fourth-order valence-corrected chi connectivity index (χ4v) is 6.91. The van der Waals surface area contributed by atoms with E-state index in [0.29, 0.717) is 11.3 Å². The average molecular weight is 302 g/mol. The van der Waals surface area contributed by atoms with E-state index >= 15 is 0 Å². The fraction of sp³-hybridized carbons (Fsp3) is 0.850. The summed E-state index contributed by atoms with van der Waals surface area (Å²) in [4.78, 5) is 11.5. The minimum atomic E-state index is -0.115. The average Bonchev–Trinajstić information content (AvgIpc) is 2.84. The molecule has 3 saturated carbocycles. The van der Waals surface area contributed by atoms with Gasteiger partial charge in [0.05, 0.1) is 6.10 Å². The second-order valence-corrected chi connectivity index (χ2v) is 9.02. The maximum absolute atomic E-state index is 11.5. The van der Waals surface area contributed by atoms with Crippen molar-refractivity contribution in [3.63, 3.8) is 0 Å². The van der Waals surface area contributed by atoms with Crippen molar-refractivity contribution in [1.82, 2.24) is 0 Å². The molecular formula is C20H30O2. The molecule has 4 aliphatic carbocycles. The van der Waals surface area contributed by atoms with Gasteiger partial charge in [-0.15, -0.1) is 0 Å². The van der Waals surface area contributed by atoms with E-state index in [1.54, 1.807) is 5.57 Å². The van der Waals surface area contributed by atoms with Gasteiger partial charge in [0, 0.05) is 5.92 Å². The highest BCUT2D eigenvalue weighted by molar-refractivity contribution is 5.56. The topological polar surface area (TPSA) is 37.3 Å². The summed E-state index contributed by atoms with van der Waals surface area (Å²) in [5.41, 5.74) is 2.13. The number of aliphatic hydroxyl groups excluding tert-OH is 1. The molecule has 0 radical (unpaired) electrons. The second kappa shape index (κ2) is 4.93. The van der Waals surface area contributed by atoms with Gasteiger partial charge in [0.2, 0.25) is 0 Å².